The number of rotatable bonds is 6. The van der Waals surface area contributed by atoms with Crippen molar-refractivity contribution in [2.45, 2.75) is 6.10 Å². The number of methoxy groups -OCH3 is 1. The van der Waals surface area contributed by atoms with E-state index in [9.17, 15) is 5.11 Å². The Hall–Kier alpha value is -1.31. The number of ether oxygens (including phenoxy) is 1. The Balaban J connectivity index is 2.84. The quantitative estimate of drug-likeness (QED) is 0.313. The fourth-order valence-electron chi connectivity index (χ4n) is 1.69. The van der Waals surface area contributed by atoms with Crippen molar-refractivity contribution in [3.63, 3.8) is 0 Å². The molecular formula is C12H18BrN3O3. The number of halogens is 1. The molecule has 0 saturated heterocycles. The van der Waals surface area contributed by atoms with Crippen molar-refractivity contribution in [3.8, 4) is 0 Å². The van der Waals surface area contributed by atoms with Gasteiger partial charge in [0, 0.05) is 30.7 Å². The minimum absolute atomic E-state index is 0.0503. The summed E-state index contributed by atoms with van der Waals surface area (Å²) in [5, 5.41) is 21.3. The van der Waals surface area contributed by atoms with E-state index < -0.39 is 6.10 Å². The van der Waals surface area contributed by atoms with Gasteiger partial charge in [0.05, 0.1) is 18.4 Å². The summed E-state index contributed by atoms with van der Waals surface area (Å²) in [6.45, 7) is 0.722. The number of likely N-dealkylation sites (N-methyl/N-ethyl adjacent to an activating group) is 1. The van der Waals surface area contributed by atoms with Crippen molar-refractivity contribution in [3.05, 3.63) is 28.2 Å². The molecule has 0 fully saturated rings. The van der Waals surface area contributed by atoms with Crippen LogP contribution in [-0.4, -0.2) is 49.6 Å². The van der Waals surface area contributed by atoms with Gasteiger partial charge in [-0.05, 0) is 34.1 Å². The lowest BCUT2D eigenvalue weighted by Crippen LogP contribution is -2.32. The minimum atomic E-state index is -0.564. The molecule has 0 amide bonds. The fraction of sp³-hybridized carbons (Fsp3) is 0.417. The Bertz CT molecular complexity index is 454. The second kappa shape index (κ2) is 7.32. The van der Waals surface area contributed by atoms with E-state index in [0.29, 0.717) is 12.1 Å². The van der Waals surface area contributed by atoms with E-state index >= 15 is 0 Å². The van der Waals surface area contributed by atoms with E-state index in [0.717, 1.165) is 10.2 Å². The highest BCUT2D eigenvalue weighted by Crippen LogP contribution is 2.26. The van der Waals surface area contributed by atoms with E-state index in [1.54, 1.807) is 19.2 Å². The molecule has 4 N–H and O–H groups in total. The second-order valence-corrected chi connectivity index (χ2v) is 5.00. The number of nitrogens with two attached hydrogens (primary N) is 1. The first-order valence-corrected chi connectivity index (χ1v) is 6.44. The van der Waals surface area contributed by atoms with Gasteiger partial charge >= 0.3 is 0 Å². The number of hydrogen-bond donors (Lipinski definition) is 3. The van der Waals surface area contributed by atoms with E-state index in [2.05, 4.69) is 21.1 Å². The largest absolute Gasteiger partial charge is 0.409 e. The van der Waals surface area contributed by atoms with Crippen molar-refractivity contribution in [1.29, 1.82) is 0 Å². The monoisotopic (exact) mass is 331 g/mol. The summed E-state index contributed by atoms with van der Waals surface area (Å²) in [6, 6.07) is 5.33. The Morgan fingerprint density at radius 2 is 2.26 bits per heavy atom. The zero-order chi connectivity index (χ0) is 14.4. The molecule has 1 atom stereocenters. The molecule has 0 spiro atoms. The van der Waals surface area contributed by atoms with E-state index in [4.69, 9.17) is 15.7 Å². The van der Waals surface area contributed by atoms with Crippen LogP contribution in [-0.2, 0) is 4.74 Å². The number of hydrogen-bond acceptors (Lipinski definition) is 5. The molecular weight excluding hydrogens is 314 g/mol. The molecule has 0 aliphatic rings. The van der Waals surface area contributed by atoms with Crippen LogP contribution in [0.2, 0.25) is 0 Å². The molecule has 0 radical (unpaired) electrons. The summed E-state index contributed by atoms with van der Waals surface area (Å²) in [5.41, 5.74) is 7.03. The molecule has 0 aliphatic heterocycles. The first kappa shape index (κ1) is 15.7. The standard InChI is InChI=1S/C12H18BrN3O3/c1-16(6-9(17)7-19-2)11-4-3-8(5-10(11)13)12(14)15-18/h3-5,9,17-18H,6-7H2,1-2H3,(H2,14,15). The molecule has 1 unspecified atom stereocenters. The second-order valence-electron chi connectivity index (χ2n) is 4.14. The SMILES string of the molecule is COCC(O)CN(C)c1ccc(/C(N)=N/O)cc1Br. The van der Waals surface area contributed by atoms with Crippen LogP contribution >= 0.6 is 15.9 Å². The molecule has 7 heteroatoms. The van der Waals surface area contributed by atoms with Crippen LogP contribution < -0.4 is 10.6 Å². The van der Waals surface area contributed by atoms with Gasteiger partial charge in [0.15, 0.2) is 5.84 Å². The van der Waals surface area contributed by atoms with Gasteiger partial charge in [-0.3, -0.25) is 0 Å². The first-order chi connectivity index (χ1) is 8.99. The lowest BCUT2D eigenvalue weighted by molar-refractivity contribution is 0.0695. The minimum Gasteiger partial charge on any atom is -0.409 e. The fourth-order valence-corrected chi connectivity index (χ4v) is 2.37. The molecule has 1 aromatic rings. The van der Waals surface area contributed by atoms with Gasteiger partial charge in [0.1, 0.15) is 0 Å². The topological polar surface area (TPSA) is 91.3 Å². The predicted octanol–water partition coefficient (Wildman–Crippen LogP) is 0.987. The summed E-state index contributed by atoms with van der Waals surface area (Å²) in [5.74, 6) is 0.0503. The lowest BCUT2D eigenvalue weighted by Gasteiger charge is -2.23. The zero-order valence-corrected chi connectivity index (χ0v) is 12.5. The molecule has 1 rings (SSSR count). The summed E-state index contributed by atoms with van der Waals surface area (Å²) in [6.07, 6.45) is -0.564. The van der Waals surface area contributed by atoms with Crippen molar-refractivity contribution in [1.82, 2.24) is 0 Å². The number of aliphatic hydroxyl groups is 1. The number of benzene rings is 1. The molecule has 0 aliphatic carbocycles. The third-order valence-corrected chi connectivity index (χ3v) is 3.24. The summed E-state index contributed by atoms with van der Waals surface area (Å²) < 4.78 is 5.68. The Morgan fingerprint density at radius 1 is 1.58 bits per heavy atom. The van der Waals surface area contributed by atoms with Gasteiger partial charge in [-0.15, -0.1) is 0 Å². The van der Waals surface area contributed by atoms with E-state index in [-0.39, 0.29) is 12.4 Å². The molecule has 0 aromatic heterocycles. The number of amidine groups is 1. The van der Waals surface area contributed by atoms with Crippen LogP contribution in [0.1, 0.15) is 5.56 Å². The third kappa shape index (κ3) is 4.38. The van der Waals surface area contributed by atoms with Crippen molar-refractivity contribution in [2.24, 2.45) is 10.9 Å². The maximum atomic E-state index is 9.70. The summed E-state index contributed by atoms with van der Waals surface area (Å²) in [7, 11) is 3.41. The molecule has 0 saturated carbocycles. The normalized spacial score (nSPS) is 13.4. The van der Waals surface area contributed by atoms with Gasteiger partial charge in [-0.25, -0.2) is 0 Å². The smallest absolute Gasteiger partial charge is 0.170 e. The highest BCUT2D eigenvalue weighted by Gasteiger charge is 2.12. The molecule has 1 aromatic carbocycles. The molecule has 19 heavy (non-hydrogen) atoms. The van der Waals surface area contributed by atoms with Crippen LogP contribution in [0, 0.1) is 0 Å². The molecule has 0 heterocycles. The van der Waals surface area contributed by atoms with Gasteiger partial charge in [0.2, 0.25) is 0 Å². The van der Waals surface area contributed by atoms with Gasteiger partial charge in [0.25, 0.3) is 0 Å². The highest BCUT2D eigenvalue weighted by atomic mass is 79.9. The van der Waals surface area contributed by atoms with Crippen LogP contribution in [0.15, 0.2) is 27.8 Å². The molecule has 6 nitrogen and oxygen atoms in total. The van der Waals surface area contributed by atoms with Gasteiger partial charge in [-0.1, -0.05) is 5.16 Å². The third-order valence-electron chi connectivity index (χ3n) is 2.61. The maximum absolute atomic E-state index is 9.70. The maximum Gasteiger partial charge on any atom is 0.170 e. The van der Waals surface area contributed by atoms with Crippen LogP contribution in [0.25, 0.3) is 0 Å². The van der Waals surface area contributed by atoms with Crippen molar-refractivity contribution < 1.29 is 15.1 Å². The lowest BCUT2D eigenvalue weighted by atomic mass is 10.2. The average Bonchev–Trinajstić information content (AvgIpc) is 2.37. The number of nitrogens with zero attached hydrogens (tertiary/aromatic N) is 2. The number of aliphatic hydroxyl groups excluding tert-OH is 1. The summed E-state index contributed by atoms with van der Waals surface area (Å²) >= 11 is 3.43. The van der Waals surface area contributed by atoms with Gasteiger partial charge in [-0.2, -0.15) is 0 Å². The number of oxime groups is 1. The Kier molecular flexibility index (Phi) is 6.07. The van der Waals surface area contributed by atoms with Crippen LogP contribution in [0.4, 0.5) is 5.69 Å². The zero-order valence-electron chi connectivity index (χ0n) is 10.9. The van der Waals surface area contributed by atoms with Crippen molar-refractivity contribution in [2.75, 3.05) is 32.2 Å². The van der Waals surface area contributed by atoms with E-state index in [1.165, 1.54) is 0 Å². The number of anilines is 1. The van der Waals surface area contributed by atoms with Gasteiger partial charge < -0.3 is 25.7 Å². The molecule has 0 bridgehead atoms. The molecule has 106 valence electrons. The average molecular weight is 332 g/mol. The van der Waals surface area contributed by atoms with Crippen LogP contribution in [0.3, 0.4) is 0 Å². The Labute approximate surface area is 120 Å². The highest BCUT2D eigenvalue weighted by molar-refractivity contribution is 9.10. The Morgan fingerprint density at radius 3 is 2.79 bits per heavy atom. The van der Waals surface area contributed by atoms with Crippen molar-refractivity contribution >= 4 is 27.5 Å². The van der Waals surface area contributed by atoms with Crippen LogP contribution in [0.5, 0.6) is 0 Å². The predicted molar refractivity (Wildman–Crippen MR) is 77.8 cm³/mol. The summed E-state index contributed by atoms with van der Waals surface area (Å²) in [4.78, 5) is 1.89. The first-order valence-electron chi connectivity index (χ1n) is 5.65. The van der Waals surface area contributed by atoms with E-state index in [1.807, 2.05) is 18.0 Å².